The monoisotopic (exact) mass is 326 g/mol. The van der Waals surface area contributed by atoms with E-state index in [0.29, 0.717) is 6.42 Å². The molecule has 3 heteroatoms. The molecule has 1 unspecified atom stereocenters. The molecule has 1 aromatic rings. The summed E-state index contributed by atoms with van der Waals surface area (Å²) in [4.78, 5) is 10.4. The maximum absolute atomic E-state index is 10.4. The fourth-order valence-corrected chi connectivity index (χ4v) is 2.68. The number of aryl methyl sites for hydroxylation is 1. The third-order valence-corrected chi connectivity index (χ3v) is 4.29. The number of halogens is 1. The summed E-state index contributed by atoms with van der Waals surface area (Å²) in [5.41, 5.74) is 2.59. The zero-order chi connectivity index (χ0) is 14.3. The van der Waals surface area contributed by atoms with Gasteiger partial charge in [0.2, 0.25) is 0 Å². The number of carboxylic acids is 1. The average Bonchev–Trinajstić information content (AvgIpc) is 2.34. The average molecular weight is 327 g/mol. The van der Waals surface area contributed by atoms with Crippen molar-refractivity contribution < 1.29 is 9.90 Å². The smallest absolute Gasteiger partial charge is 0.303 e. The van der Waals surface area contributed by atoms with Crippen LogP contribution in [0.1, 0.15) is 56.6 Å². The van der Waals surface area contributed by atoms with E-state index in [2.05, 4.69) is 54.0 Å². The Kier molecular flexibility index (Phi) is 6.56. The summed E-state index contributed by atoms with van der Waals surface area (Å²) < 4.78 is 0.0213. The van der Waals surface area contributed by atoms with Crippen LogP contribution in [0.25, 0.3) is 0 Å². The van der Waals surface area contributed by atoms with E-state index in [1.54, 1.807) is 0 Å². The fraction of sp³-hybridized carbons (Fsp3) is 0.562. The van der Waals surface area contributed by atoms with Crippen LogP contribution < -0.4 is 0 Å². The Bertz CT molecular complexity index is 396. The number of hydrogen-bond donors (Lipinski definition) is 1. The summed E-state index contributed by atoms with van der Waals surface area (Å²) in [6.07, 6.45) is 5.38. The summed E-state index contributed by atoms with van der Waals surface area (Å²) in [6.45, 7) is 4.30. The SMILES string of the molecule is Cc1ccc(C(C)(Br)CCCCCCC(=O)O)cc1. The first kappa shape index (κ1) is 16.2. The Hall–Kier alpha value is -0.830. The van der Waals surface area contributed by atoms with Crippen molar-refractivity contribution in [1.82, 2.24) is 0 Å². The highest BCUT2D eigenvalue weighted by Gasteiger charge is 2.21. The van der Waals surface area contributed by atoms with Crippen molar-refractivity contribution in [3.05, 3.63) is 35.4 Å². The van der Waals surface area contributed by atoms with Crippen LogP contribution in [0.3, 0.4) is 0 Å². The summed E-state index contributed by atoms with van der Waals surface area (Å²) in [5, 5.41) is 8.56. The number of hydrogen-bond acceptors (Lipinski definition) is 1. The van der Waals surface area contributed by atoms with Crippen LogP contribution >= 0.6 is 15.9 Å². The van der Waals surface area contributed by atoms with Crippen molar-refractivity contribution in [3.8, 4) is 0 Å². The zero-order valence-electron chi connectivity index (χ0n) is 11.8. The van der Waals surface area contributed by atoms with Gasteiger partial charge in [-0.3, -0.25) is 4.79 Å². The lowest BCUT2D eigenvalue weighted by atomic mass is 9.94. The molecule has 1 N–H and O–H groups in total. The van der Waals surface area contributed by atoms with Crippen molar-refractivity contribution in [2.75, 3.05) is 0 Å². The van der Waals surface area contributed by atoms with E-state index in [9.17, 15) is 4.79 Å². The van der Waals surface area contributed by atoms with E-state index in [-0.39, 0.29) is 4.32 Å². The lowest BCUT2D eigenvalue weighted by Gasteiger charge is -2.23. The largest absolute Gasteiger partial charge is 0.481 e. The van der Waals surface area contributed by atoms with Crippen LogP contribution in [-0.4, -0.2) is 11.1 Å². The summed E-state index contributed by atoms with van der Waals surface area (Å²) in [6, 6.07) is 8.63. The van der Waals surface area contributed by atoms with Gasteiger partial charge in [0.25, 0.3) is 0 Å². The van der Waals surface area contributed by atoms with Crippen LogP contribution in [-0.2, 0) is 9.12 Å². The Labute approximate surface area is 124 Å². The molecule has 0 saturated carbocycles. The van der Waals surface area contributed by atoms with Gasteiger partial charge in [-0.15, -0.1) is 0 Å². The third kappa shape index (κ3) is 6.24. The third-order valence-electron chi connectivity index (χ3n) is 3.44. The summed E-state index contributed by atoms with van der Waals surface area (Å²) in [7, 11) is 0. The highest BCUT2D eigenvalue weighted by molar-refractivity contribution is 9.09. The van der Waals surface area contributed by atoms with Crippen LogP contribution in [0.15, 0.2) is 24.3 Å². The van der Waals surface area contributed by atoms with E-state index >= 15 is 0 Å². The number of benzene rings is 1. The molecule has 1 rings (SSSR count). The van der Waals surface area contributed by atoms with E-state index < -0.39 is 5.97 Å². The predicted octanol–water partition coefficient (Wildman–Crippen LogP) is 5.03. The maximum atomic E-state index is 10.4. The minimum atomic E-state index is -0.690. The molecule has 0 spiro atoms. The number of carbonyl (C=O) groups is 1. The van der Waals surface area contributed by atoms with Gasteiger partial charge in [0.05, 0.1) is 0 Å². The predicted molar refractivity (Wildman–Crippen MR) is 82.8 cm³/mol. The quantitative estimate of drug-likeness (QED) is 0.537. The first-order chi connectivity index (χ1) is 8.92. The molecule has 0 heterocycles. The van der Waals surface area contributed by atoms with Crippen LogP contribution in [0.4, 0.5) is 0 Å². The molecule has 0 aliphatic carbocycles. The van der Waals surface area contributed by atoms with Gasteiger partial charge in [0.15, 0.2) is 0 Å². The number of unbranched alkanes of at least 4 members (excludes halogenated alkanes) is 3. The molecule has 0 bridgehead atoms. The van der Waals surface area contributed by atoms with Gasteiger partial charge in [-0.05, 0) is 32.3 Å². The maximum Gasteiger partial charge on any atom is 0.303 e. The topological polar surface area (TPSA) is 37.3 Å². The second-order valence-electron chi connectivity index (χ2n) is 5.37. The second kappa shape index (κ2) is 7.68. The Morgan fingerprint density at radius 1 is 1.16 bits per heavy atom. The van der Waals surface area contributed by atoms with Crippen molar-refractivity contribution in [3.63, 3.8) is 0 Å². The molecule has 106 valence electrons. The standard InChI is InChI=1S/C16H23BrO2/c1-13-8-10-14(11-9-13)16(2,17)12-6-4-3-5-7-15(18)19/h8-11H,3-7,12H2,1-2H3,(H,18,19). The lowest BCUT2D eigenvalue weighted by Crippen LogP contribution is -2.12. The molecule has 0 aliphatic heterocycles. The Morgan fingerprint density at radius 2 is 1.74 bits per heavy atom. The molecular weight excluding hydrogens is 304 g/mol. The minimum absolute atomic E-state index is 0.0213. The molecule has 19 heavy (non-hydrogen) atoms. The molecular formula is C16H23BrO2. The van der Waals surface area contributed by atoms with Gasteiger partial charge in [-0.1, -0.05) is 65.0 Å². The van der Waals surface area contributed by atoms with Gasteiger partial charge >= 0.3 is 5.97 Å². The lowest BCUT2D eigenvalue weighted by molar-refractivity contribution is -0.137. The van der Waals surface area contributed by atoms with Crippen molar-refractivity contribution in [2.45, 2.75) is 56.7 Å². The first-order valence-electron chi connectivity index (χ1n) is 6.90. The van der Waals surface area contributed by atoms with Crippen LogP contribution in [0.5, 0.6) is 0 Å². The van der Waals surface area contributed by atoms with Gasteiger partial charge in [-0.25, -0.2) is 0 Å². The van der Waals surface area contributed by atoms with Gasteiger partial charge in [0, 0.05) is 10.7 Å². The normalized spacial score (nSPS) is 14.1. The van der Waals surface area contributed by atoms with Gasteiger partial charge in [-0.2, -0.15) is 0 Å². The fourth-order valence-electron chi connectivity index (χ4n) is 2.13. The summed E-state index contributed by atoms with van der Waals surface area (Å²) >= 11 is 3.81. The van der Waals surface area contributed by atoms with E-state index in [1.165, 1.54) is 11.1 Å². The Morgan fingerprint density at radius 3 is 2.32 bits per heavy atom. The molecule has 0 radical (unpaired) electrons. The molecule has 0 saturated heterocycles. The zero-order valence-corrected chi connectivity index (χ0v) is 13.4. The van der Waals surface area contributed by atoms with E-state index in [1.807, 2.05) is 0 Å². The molecule has 0 aromatic heterocycles. The number of aliphatic carboxylic acids is 1. The molecule has 0 fully saturated rings. The summed E-state index contributed by atoms with van der Waals surface area (Å²) in [5.74, 6) is -0.690. The van der Waals surface area contributed by atoms with E-state index in [4.69, 9.17) is 5.11 Å². The van der Waals surface area contributed by atoms with Crippen LogP contribution in [0.2, 0.25) is 0 Å². The number of rotatable bonds is 8. The molecule has 1 aromatic carbocycles. The minimum Gasteiger partial charge on any atom is -0.481 e. The van der Waals surface area contributed by atoms with Crippen LogP contribution in [0, 0.1) is 6.92 Å². The number of alkyl halides is 1. The highest BCUT2D eigenvalue weighted by atomic mass is 79.9. The molecule has 0 aliphatic rings. The molecule has 1 atom stereocenters. The van der Waals surface area contributed by atoms with Gasteiger partial charge in [0.1, 0.15) is 0 Å². The molecule has 2 nitrogen and oxygen atoms in total. The van der Waals surface area contributed by atoms with Crippen molar-refractivity contribution >= 4 is 21.9 Å². The number of carboxylic acid groups (broad SMARTS) is 1. The van der Waals surface area contributed by atoms with Gasteiger partial charge < -0.3 is 5.11 Å². The van der Waals surface area contributed by atoms with Crippen molar-refractivity contribution in [1.29, 1.82) is 0 Å². The second-order valence-corrected chi connectivity index (χ2v) is 7.12. The molecule has 0 amide bonds. The first-order valence-corrected chi connectivity index (χ1v) is 7.69. The van der Waals surface area contributed by atoms with Crippen molar-refractivity contribution in [2.24, 2.45) is 0 Å². The highest BCUT2D eigenvalue weighted by Crippen LogP contribution is 2.36. The van der Waals surface area contributed by atoms with E-state index in [0.717, 1.165) is 32.1 Å². The Balaban J connectivity index is 2.31.